The van der Waals surface area contributed by atoms with Crippen LogP contribution in [0.15, 0.2) is 0 Å². The molecule has 4 nitrogen and oxygen atoms in total. The normalized spacial score (nSPS) is 29.1. The number of rotatable bonds is 2. The lowest BCUT2D eigenvalue weighted by atomic mass is 9.95. The van der Waals surface area contributed by atoms with E-state index in [1.807, 2.05) is 0 Å². The fraction of sp³-hybridized carbons (Fsp3) is 0.900. The van der Waals surface area contributed by atoms with Gasteiger partial charge in [0.25, 0.3) is 0 Å². The Bertz CT molecular complexity index is 221. The van der Waals surface area contributed by atoms with Gasteiger partial charge in [-0.15, -0.1) is 0 Å². The van der Waals surface area contributed by atoms with E-state index in [1.54, 1.807) is 7.11 Å². The zero-order valence-corrected chi connectivity index (χ0v) is 11.4. The standard InChI is InChI=1S/C10H20NO3.BrH/c1-11(2)6-8(10(12)14-4)5-9(7-11)13-3;/h8-9H,5-7H2,1-4H3;1H/q+1;/p-1. The molecular formula is C10H20BrNO3. The molecule has 1 aliphatic heterocycles. The van der Waals surface area contributed by atoms with Crippen molar-refractivity contribution in [2.75, 3.05) is 41.4 Å². The van der Waals surface area contributed by atoms with Crippen LogP contribution in [-0.4, -0.2) is 58.0 Å². The Morgan fingerprint density at radius 3 is 2.33 bits per heavy atom. The second kappa shape index (κ2) is 5.82. The lowest BCUT2D eigenvalue weighted by Gasteiger charge is -2.40. The van der Waals surface area contributed by atoms with E-state index in [9.17, 15) is 4.79 Å². The van der Waals surface area contributed by atoms with Crippen LogP contribution in [0.1, 0.15) is 6.42 Å². The molecule has 0 aromatic carbocycles. The molecule has 1 aliphatic rings. The number of likely N-dealkylation sites (tertiary alicyclic amines) is 1. The fourth-order valence-corrected chi connectivity index (χ4v) is 2.20. The molecule has 90 valence electrons. The van der Waals surface area contributed by atoms with Gasteiger partial charge in [-0.3, -0.25) is 4.79 Å². The Morgan fingerprint density at radius 2 is 1.87 bits per heavy atom. The molecule has 0 amide bonds. The van der Waals surface area contributed by atoms with E-state index < -0.39 is 0 Å². The maximum absolute atomic E-state index is 11.4. The number of hydrogen-bond acceptors (Lipinski definition) is 3. The monoisotopic (exact) mass is 281 g/mol. The van der Waals surface area contributed by atoms with Gasteiger partial charge in [-0.1, -0.05) is 0 Å². The van der Waals surface area contributed by atoms with Crippen molar-refractivity contribution in [1.82, 2.24) is 0 Å². The second-order valence-electron chi connectivity index (χ2n) is 4.61. The minimum Gasteiger partial charge on any atom is -1.00 e. The molecule has 1 fully saturated rings. The average Bonchev–Trinajstić information content (AvgIpc) is 2.14. The van der Waals surface area contributed by atoms with Crippen LogP contribution in [0.3, 0.4) is 0 Å². The number of piperidine rings is 1. The number of ether oxygens (including phenoxy) is 2. The lowest BCUT2D eigenvalue weighted by molar-refractivity contribution is -0.901. The van der Waals surface area contributed by atoms with Gasteiger partial charge in [0.15, 0.2) is 0 Å². The van der Waals surface area contributed by atoms with Crippen LogP contribution in [0, 0.1) is 5.92 Å². The van der Waals surface area contributed by atoms with Crippen molar-refractivity contribution in [2.45, 2.75) is 12.5 Å². The van der Waals surface area contributed by atoms with Crippen LogP contribution in [0.2, 0.25) is 0 Å². The lowest BCUT2D eigenvalue weighted by Crippen LogP contribution is -3.00. The topological polar surface area (TPSA) is 35.5 Å². The number of quaternary nitrogens is 1. The van der Waals surface area contributed by atoms with Gasteiger partial charge in [-0.25, -0.2) is 0 Å². The Hall–Kier alpha value is -0.130. The van der Waals surface area contributed by atoms with Crippen LogP contribution < -0.4 is 17.0 Å². The number of carbonyl (C=O) groups is 1. The van der Waals surface area contributed by atoms with Gasteiger partial charge < -0.3 is 30.9 Å². The zero-order valence-electron chi connectivity index (χ0n) is 9.83. The number of esters is 1. The largest absolute Gasteiger partial charge is 1.00 e. The summed E-state index contributed by atoms with van der Waals surface area (Å²) in [5, 5.41) is 0. The van der Waals surface area contributed by atoms with Gasteiger partial charge in [-0.2, -0.15) is 0 Å². The quantitative estimate of drug-likeness (QED) is 0.408. The first-order valence-corrected chi connectivity index (χ1v) is 4.91. The third kappa shape index (κ3) is 4.09. The summed E-state index contributed by atoms with van der Waals surface area (Å²) in [4.78, 5) is 11.4. The predicted octanol–water partition coefficient (Wildman–Crippen LogP) is -2.73. The summed E-state index contributed by atoms with van der Waals surface area (Å²) in [6.07, 6.45) is 0.952. The van der Waals surface area contributed by atoms with Crippen molar-refractivity contribution in [3.63, 3.8) is 0 Å². The Labute approximate surface area is 102 Å². The van der Waals surface area contributed by atoms with Gasteiger partial charge >= 0.3 is 5.97 Å². The van der Waals surface area contributed by atoms with E-state index in [4.69, 9.17) is 9.47 Å². The van der Waals surface area contributed by atoms with Crippen LogP contribution in [0.5, 0.6) is 0 Å². The van der Waals surface area contributed by atoms with E-state index in [-0.39, 0.29) is 35.0 Å². The number of hydrogen-bond donors (Lipinski definition) is 0. The van der Waals surface area contributed by atoms with Crippen molar-refractivity contribution in [2.24, 2.45) is 5.92 Å². The highest BCUT2D eigenvalue weighted by atomic mass is 79.9. The van der Waals surface area contributed by atoms with E-state index in [2.05, 4.69) is 14.1 Å². The summed E-state index contributed by atoms with van der Waals surface area (Å²) in [7, 11) is 7.37. The number of carbonyl (C=O) groups excluding carboxylic acids is 1. The molecular weight excluding hydrogens is 262 g/mol. The predicted molar refractivity (Wildman–Crippen MR) is 52.8 cm³/mol. The molecule has 2 atom stereocenters. The van der Waals surface area contributed by atoms with Gasteiger partial charge in [0.2, 0.25) is 0 Å². The highest BCUT2D eigenvalue weighted by Gasteiger charge is 2.38. The summed E-state index contributed by atoms with van der Waals surface area (Å²) in [6.45, 7) is 1.80. The van der Waals surface area contributed by atoms with E-state index >= 15 is 0 Å². The third-order valence-corrected chi connectivity index (χ3v) is 2.83. The maximum Gasteiger partial charge on any atom is 0.314 e. The third-order valence-electron chi connectivity index (χ3n) is 2.83. The van der Waals surface area contributed by atoms with E-state index in [1.165, 1.54) is 7.11 Å². The summed E-state index contributed by atoms with van der Waals surface area (Å²) < 4.78 is 10.9. The molecule has 15 heavy (non-hydrogen) atoms. The Balaban J connectivity index is 0.00000196. The fourth-order valence-electron chi connectivity index (χ4n) is 2.20. The molecule has 0 aliphatic carbocycles. The maximum atomic E-state index is 11.4. The number of likely N-dealkylation sites (N-methyl/N-ethyl adjacent to an activating group) is 1. The number of nitrogens with zero attached hydrogens (tertiary/aromatic N) is 1. The van der Waals surface area contributed by atoms with Gasteiger partial charge in [0.05, 0.1) is 27.7 Å². The molecule has 0 bridgehead atoms. The molecule has 1 saturated heterocycles. The summed E-state index contributed by atoms with van der Waals surface area (Å²) in [5.74, 6) is -0.133. The molecule has 1 heterocycles. The molecule has 5 heteroatoms. The molecule has 0 aromatic heterocycles. The molecule has 0 spiro atoms. The molecule has 0 N–H and O–H groups in total. The second-order valence-corrected chi connectivity index (χ2v) is 4.61. The first-order chi connectivity index (χ1) is 6.48. The summed E-state index contributed by atoms with van der Waals surface area (Å²) in [5.41, 5.74) is 0. The van der Waals surface area contributed by atoms with Crippen LogP contribution in [0.4, 0.5) is 0 Å². The molecule has 2 unspecified atom stereocenters. The molecule has 1 rings (SSSR count). The molecule has 0 aromatic rings. The van der Waals surface area contributed by atoms with Crippen LogP contribution in [0.25, 0.3) is 0 Å². The van der Waals surface area contributed by atoms with Crippen LogP contribution in [-0.2, 0) is 14.3 Å². The number of halogens is 1. The molecule has 0 saturated carbocycles. The zero-order chi connectivity index (χ0) is 10.8. The Morgan fingerprint density at radius 1 is 1.27 bits per heavy atom. The average molecular weight is 282 g/mol. The van der Waals surface area contributed by atoms with Crippen molar-refractivity contribution in [3.8, 4) is 0 Å². The highest BCUT2D eigenvalue weighted by Crippen LogP contribution is 2.22. The smallest absolute Gasteiger partial charge is 0.314 e. The minimum atomic E-state index is -0.113. The van der Waals surface area contributed by atoms with Crippen molar-refractivity contribution >= 4 is 5.97 Å². The first kappa shape index (κ1) is 14.9. The van der Waals surface area contributed by atoms with Gasteiger partial charge in [-0.05, 0) is 6.42 Å². The van der Waals surface area contributed by atoms with Crippen LogP contribution >= 0.6 is 0 Å². The van der Waals surface area contributed by atoms with E-state index in [0.717, 1.165) is 24.0 Å². The van der Waals surface area contributed by atoms with E-state index in [0.29, 0.717) is 0 Å². The molecule has 0 radical (unpaired) electrons. The van der Waals surface area contributed by atoms with Gasteiger partial charge in [0.1, 0.15) is 18.6 Å². The minimum absolute atomic E-state index is 0. The van der Waals surface area contributed by atoms with Crippen molar-refractivity contribution in [3.05, 3.63) is 0 Å². The highest BCUT2D eigenvalue weighted by molar-refractivity contribution is 5.72. The SMILES string of the molecule is COC(=O)C1CC(OC)C[N+](C)(C)C1.[Br-]. The van der Waals surface area contributed by atoms with Crippen molar-refractivity contribution in [1.29, 1.82) is 0 Å². The van der Waals surface area contributed by atoms with Crippen molar-refractivity contribution < 1.29 is 35.7 Å². The Kier molecular flexibility index (Phi) is 5.77. The van der Waals surface area contributed by atoms with Gasteiger partial charge in [0, 0.05) is 7.11 Å². The summed E-state index contributed by atoms with van der Waals surface area (Å²) in [6, 6.07) is 0. The number of methoxy groups -OCH3 is 2. The first-order valence-electron chi connectivity index (χ1n) is 4.91. The summed E-state index contributed by atoms with van der Waals surface area (Å²) >= 11 is 0.